The molecule has 172 valence electrons. The first-order valence-electron chi connectivity index (χ1n) is 10.3. The van der Waals surface area contributed by atoms with Crippen molar-refractivity contribution in [1.29, 1.82) is 0 Å². The Balaban J connectivity index is 0.00000363. The van der Waals surface area contributed by atoms with E-state index in [0.717, 1.165) is 6.54 Å². The van der Waals surface area contributed by atoms with Gasteiger partial charge >= 0.3 is 0 Å². The maximum atomic E-state index is 5.96. The molecule has 0 saturated carbocycles. The van der Waals surface area contributed by atoms with Gasteiger partial charge in [-0.3, -0.25) is 4.98 Å². The molecule has 0 aliphatic rings. The van der Waals surface area contributed by atoms with Crippen LogP contribution in [0.2, 0.25) is 0 Å². The van der Waals surface area contributed by atoms with Crippen molar-refractivity contribution >= 4 is 29.9 Å². The standard InChI is InChI=1S/C22H28N6O3.HI/c1-4-23-22(26-15-16(2)30-19-11-6-5-10-18(19)29-3)25-14-12-20-27-21(31-28-20)17-9-7-8-13-24-17;/h5-11,13,16H,4,12,14-15H2,1-3H3,(H2,23,25,26);1H. The summed E-state index contributed by atoms with van der Waals surface area (Å²) in [6.07, 6.45) is 2.16. The van der Waals surface area contributed by atoms with Gasteiger partial charge in [0.05, 0.1) is 13.7 Å². The number of aromatic nitrogens is 3. The predicted molar refractivity (Wildman–Crippen MR) is 134 cm³/mol. The first kappa shape index (κ1) is 25.4. The summed E-state index contributed by atoms with van der Waals surface area (Å²) in [7, 11) is 1.63. The Hall–Kier alpha value is -2.89. The Morgan fingerprint density at radius 3 is 2.62 bits per heavy atom. The largest absolute Gasteiger partial charge is 0.493 e. The highest BCUT2D eigenvalue weighted by molar-refractivity contribution is 14.0. The number of ether oxygens (including phenoxy) is 2. The fourth-order valence-electron chi connectivity index (χ4n) is 2.77. The zero-order valence-corrected chi connectivity index (χ0v) is 20.8. The number of methoxy groups -OCH3 is 1. The lowest BCUT2D eigenvalue weighted by molar-refractivity contribution is 0.219. The van der Waals surface area contributed by atoms with E-state index in [-0.39, 0.29) is 30.1 Å². The molecule has 10 heteroatoms. The molecule has 0 amide bonds. The SMILES string of the molecule is CCNC(=NCC(C)Oc1ccccc1OC)NCCc1noc(-c2ccccn2)n1.I. The number of benzene rings is 1. The van der Waals surface area contributed by atoms with Gasteiger partial charge < -0.3 is 24.6 Å². The number of halogens is 1. The van der Waals surface area contributed by atoms with Crippen LogP contribution in [0.5, 0.6) is 11.5 Å². The molecule has 0 aliphatic heterocycles. The van der Waals surface area contributed by atoms with E-state index in [2.05, 4.69) is 30.8 Å². The van der Waals surface area contributed by atoms with E-state index >= 15 is 0 Å². The normalized spacial score (nSPS) is 11.9. The van der Waals surface area contributed by atoms with Gasteiger partial charge in [-0.1, -0.05) is 23.4 Å². The first-order chi connectivity index (χ1) is 15.2. The molecular formula is C22H29IN6O3. The second-order valence-corrected chi connectivity index (χ2v) is 6.71. The van der Waals surface area contributed by atoms with Gasteiger partial charge in [-0.15, -0.1) is 24.0 Å². The fraction of sp³-hybridized carbons (Fsp3) is 0.364. The highest BCUT2D eigenvalue weighted by Gasteiger charge is 2.11. The molecule has 1 aromatic carbocycles. The van der Waals surface area contributed by atoms with E-state index in [1.165, 1.54) is 0 Å². The second-order valence-electron chi connectivity index (χ2n) is 6.71. The number of pyridine rings is 1. The number of nitrogens with one attached hydrogen (secondary N) is 2. The molecule has 1 unspecified atom stereocenters. The van der Waals surface area contributed by atoms with Crippen molar-refractivity contribution in [2.45, 2.75) is 26.4 Å². The molecule has 3 rings (SSSR count). The third-order valence-corrected chi connectivity index (χ3v) is 4.24. The maximum absolute atomic E-state index is 5.96. The summed E-state index contributed by atoms with van der Waals surface area (Å²) in [6.45, 7) is 5.83. The van der Waals surface area contributed by atoms with Crippen molar-refractivity contribution < 1.29 is 14.0 Å². The Morgan fingerprint density at radius 1 is 1.12 bits per heavy atom. The summed E-state index contributed by atoms with van der Waals surface area (Å²) in [6, 6.07) is 13.1. The number of guanidine groups is 1. The molecule has 0 aliphatic carbocycles. The van der Waals surface area contributed by atoms with Crippen LogP contribution >= 0.6 is 24.0 Å². The lowest BCUT2D eigenvalue weighted by Crippen LogP contribution is -2.39. The van der Waals surface area contributed by atoms with Crippen LogP contribution in [0, 0.1) is 0 Å². The Labute approximate surface area is 205 Å². The van der Waals surface area contributed by atoms with Crippen molar-refractivity contribution in [3.63, 3.8) is 0 Å². The zero-order valence-electron chi connectivity index (χ0n) is 18.4. The molecule has 0 saturated heterocycles. The van der Waals surface area contributed by atoms with Crippen molar-refractivity contribution in [2.75, 3.05) is 26.7 Å². The summed E-state index contributed by atoms with van der Waals surface area (Å²) in [5, 5.41) is 10.5. The number of hydrogen-bond donors (Lipinski definition) is 2. The van der Waals surface area contributed by atoms with Crippen LogP contribution in [-0.2, 0) is 6.42 Å². The number of rotatable bonds is 10. The Kier molecular flexibility index (Phi) is 10.7. The zero-order chi connectivity index (χ0) is 21.9. The van der Waals surface area contributed by atoms with Crippen molar-refractivity contribution in [3.8, 4) is 23.1 Å². The molecule has 3 aromatic rings. The van der Waals surface area contributed by atoms with E-state index in [0.29, 0.717) is 54.4 Å². The third-order valence-electron chi connectivity index (χ3n) is 4.24. The smallest absolute Gasteiger partial charge is 0.276 e. The molecule has 2 heterocycles. The molecule has 9 nitrogen and oxygen atoms in total. The van der Waals surface area contributed by atoms with Crippen molar-refractivity contribution in [1.82, 2.24) is 25.8 Å². The topological polar surface area (TPSA) is 107 Å². The molecule has 0 bridgehead atoms. The molecule has 32 heavy (non-hydrogen) atoms. The molecule has 2 aromatic heterocycles. The minimum absolute atomic E-state index is 0. The Bertz CT molecular complexity index is 967. The summed E-state index contributed by atoms with van der Waals surface area (Å²) >= 11 is 0. The van der Waals surface area contributed by atoms with Crippen LogP contribution in [-0.4, -0.2) is 53.9 Å². The van der Waals surface area contributed by atoms with Crippen LogP contribution in [0.3, 0.4) is 0 Å². The molecule has 2 N–H and O–H groups in total. The number of hydrogen-bond acceptors (Lipinski definition) is 7. The van der Waals surface area contributed by atoms with Gasteiger partial charge in [-0.05, 0) is 38.1 Å². The van der Waals surface area contributed by atoms with Crippen LogP contribution in [0.4, 0.5) is 0 Å². The highest BCUT2D eigenvalue weighted by atomic mass is 127. The lowest BCUT2D eigenvalue weighted by Gasteiger charge is -2.16. The second kappa shape index (κ2) is 13.5. The lowest BCUT2D eigenvalue weighted by atomic mass is 10.3. The number of nitrogens with zero attached hydrogens (tertiary/aromatic N) is 4. The average Bonchev–Trinajstić information content (AvgIpc) is 3.27. The maximum Gasteiger partial charge on any atom is 0.276 e. The fourth-order valence-corrected chi connectivity index (χ4v) is 2.77. The van der Waals surface area contributed by atoms with Crippen molar-refractivity contribution in [2.24, 2.45) is 4.99 Å². The van der Waals surface area contributed by atoms with Gasteiger partial charge in [0.2, 0.25) is 0 Å². The predicted octanol–water partition coefficient (Wildman–Crippen LogP) is 3.32. The average molecular weight is 552 g/mol. The van der Waals surface area contributed by atoms with Gasteiger partial charge in [0, 0.05) is 25.7 Å². The van der Waals surface area contributed by atoms with E-state index in [1.54, 1.807) is 13.3 Å². The number of aliphatic imine (C=N–C) groups is 1. The minimum atomic E-state index is -0.120. The van der Waals surface area contributed by atoms with Gasteiger partial charge in [-0.2, -0.15) is 4.98 Å². The highest BCUT2D eigenvalue weighted by Crippen LogP contribution is 2.26. The monoisotopic (exact) mass is 552 g/mol. The van der Waals surface area contributed by atoms with Gasteiger partial charge in [0.25, 0.3) is 5.89 Å². The van der Waals surface area contributed by atoms with E-state index in [1.807, 2.05) is 56.3 Å². The van der Waals surface area contributed by atoms with Crippen molar-refractivity contribution in [3.05, 3.63) is 54.5 Å². The quantitative estimate of drug-likeness (QED) is 0.224. The van der Waals surface area contributed by atoms with Gasteiger partial charge in [-0.25, -0.2) is 4.99 Å². The third kappa shape index (κ3) is 7.66. The van der Waals surface area contributed by atoms with Crippen LogP contribution in [0.15, 0.2) is 58.2 Å². The molecular weight excluding hydrogens is 523 g/mol. The summed E-state index contributed by atoms with van der Waals surface area (Å²) in [4.78, 5) is 13.2. The minimum Gasteiger partial charge on any atom is -0.493 e. The van der Waals surface area contributed by atoms with E-state index in [9.17, 15) is 0 Å². The summed E-state index contributed by atoms with van der Waals surface area (Å²) < 4.78 is 16.6. The van der Waals surface area contributed by atoms with Crippen LogP contribution in [0.25, 0.3) is 11.6 Å². The van der Waals surface area contributed by atoms with Gasteiger partial charge in [0.1, 0.15) is 11.8 Å². The van der Waals surface area contributed by atoms with Gasteiger partial charge in [0.15, 0.2) is 23.3 Å². The van der Waals surface area contributed by atoms with Crippen LogP contribution in [0.1, 0.15) is 19.7 Å². The van der Waals surface area contributed by atoms with E-state index in [4.69, 9.17) is 14.0 Å². The summed E-state index contributed by atoms with van der Waals surface area (Å²) in [5.41, 5.74) is 0.660. The Morgan fingerprint density at radius 2 is 1.91 bits per heavy atom. The molecule has 0 fully saturated rings. The molecule has 0 radical (unpaired) electrons. The summed E-state index contributed by atoms with van der Waals surface area (Å²) in [5.74, 6) is 3.13. The first-order valence-corrected chi connectivity index (χ1v) is 10.3. The number of para-hydroxylation sites is 2. The van der Waals surface area contributed by atoms with Crippen LogP contribution < -0.4 is 20.1 Å². The molecule has 0 spiro atoms. The van der Waals surface area contributed by atoms with E-state index < -0.39 is 0 Å². The molecule has 1 atom stereocenters.